The number of aliphatic hydroxyl groups is 2. The minimum absolute atomic E-state index is 0.00606. The first kappa shape index (κ1) is 57.0. The van der Waals surface area contributed by atoms with E-state index in [4.69, 9.17) is 16.6 Å². The summed E-state index contributed by atoms with van der Waals surface area (Å²) < 4.78 is 0. The fraction of sp³-hybridized carbons (Fsp3) is 0.600. The lowest BCUT2D eigenvalue weighted by atomic mass is 10.0. The quantitative estimate of drug-likeness (QED) is 0.0326. The first-order valence-corrected chi connectivity index (χ1v) is 21.3. The molecule has 0 aliphatic heterocycles. The third-order valence-electron chi connectivity index (χ3n) is 9.43. The number of aromatic hydroxyl groups is 1. The van der Waals surface area contributed by atoms with Crippen LogP contribution in [0.2, 0.25) is 0 Å². The van der Waals surface area contributed by atoms with Crippen LogP contribution in [-0.4, -0.2) is 152 Å². The molecule has 25 heteroatoms. The van der Waals surface area contributed by atoms with Gasteiger partial charge in [0.05, 0.1) is 13.2 Å². The minimum atomic E-state index is -1.75. The molecule has 1 aromatic rings. The van der Waals surface area contributed by atoms with Crippen LogP contribution >= 0.6 is 12.6 Å². The number of thiol groups is 1. The fourth-order valence-corrected chi connectivity index (χ4v) is 6.21. The van der Waals surface area contributed by atoms with Crippen molar-refractivity contribution >= 4 is 71.8 Å². The minimum Gasteiger partial charge on any atom is -0.508 e. The summed E-state index contributed by atoms with van der Waals surface area (Å²) in [5, 5.41) is 64.3. The number of phenolic OH excluding ortho intramolecular Hbond substituents is 1. The first-order chi connectivity index (χ1) is 30.4. The summed E-state index contributed by atoms with van der Waals surface area (Å²) in [6.07, 6.45) is -2.04. The maximum atomic E-state index is 13.7. The van der Waals surface area contributed by atoms with Gasteiger partial charge in [-0.15, -0.1) is 0 Å². The Morgan fingerprint density at radius 3 is 1.35 bits per heavy atom. The molecule has 0 heterocycles. The van der Waals surface area contributed by atoms with Gasteiger partial charge in [-0.3, -0.25) is 43.2 Å². The van der Waals surface area contributed by atoms with Gasteiger partial charge in [0.25, 0.3) is 0 Å². The third kappa shape index (κ3) is 21.5. The van der Waals surface area contributed by atoms with Crippen LogP contribution in [0, 0.1) is 11.8 Å². The van der Waals surface area contributed by atoms with Crippen LogP contribution in [0.25, 0.3) is 0 Å². The lowest BCUT2D eigenvalue weighted by Crippen LogP contribution is -2.61. The lowest BCUT2D eigenvalue weighted by Gasteiger charge is -2.27. The Labute approximate surface area is 380 Å². The molecule has 24 nitrogen and oxygen atoms in total. The van der Waals surface area contributed by atoms with E-state index in [-0.39, 0.29) is 43.3 Å². The van der Waals surface area contributed by atoms with Gasteiger partial charge < -0.3 is 74.2 Å². The van der Waals surface area contributed by atoms with Crippen LogP contribution in [-0.2, 0) is 54.4 Å². The number of hydrogen-bond donors (Lipinski definition) is 15. The standard InChI is InChI=1S/C40H63N9O15S/c1-19(2)13-26(36(59)47-28(40(63)64)15-21-5-7-22(52)8-6-21)45-34(57)24(9-11-31(42)53)44-39(62)30(18-65)49-38(61)29(17-51)48-37(60)27(14-20(3)4)46-35(58)25(10-12-32(54)55)43-33(56)23(41)16-50/h5-8,19-20,23-30,50-52,65H,9-18,41H2,1-4H3,(H2,42,53)(H,43,56)(H,44,62)(H,45,57)(H,46,58)(H,47,59)(H,48,60)(H,49,61)(H,54,55)(H,63,64)/t23-,24-,25-,26-,27-,28-,29-,30-/m0/s1. The van der Waals surface area contributed by atoms with Gasteiger partial charge in [0.2, 0.25) is 47.3 Å². The normalized spacial score (nSPS) is 14.8. The number of primary amides is 1. The lowest BCUT2D eigenvalue weighted by molar-refractivity contribution is -0.142. The van der Waals surface area contributed by atoms with E-state index in [1.54, 1.807) is 27.7 Å². The number of rotatable bonds is 30. The van der Waals surface area contributed by atoms with E-state index in [0.717, 1.165) is 0 Å². The van der Waals surface area contributed by atoms with E-state index in [0.29, 0.717) is 5.56 Å². The van der Waals surface area contributed by atoms with Gasteiger partial charge in [-0.05, 0) is 55.2 Å². The predicted molar refractivity (Wildman–Crippen MR) is 233 cm³/mol. The van der Waals surface area contributed by atoms with E-state index < -0.39 is 146 Å². The SMILES string of the molecule is CC(C)C[C@H](NC(=O)[C@H](CCC(N)=O)NC(=O)[C@H](CS)NC(=O)[C@H](CO)NC(=O)[C@H](CC(C)C)NC(=O)[C@H](CCC(=O)O)NC(=O)[C@@H](N)CO)C(=O)N[C@@H](Cc1ccc(O)cc1)C(=O)O. The van der Waals surface area contributed by atoms with Gasteiger partial charge in [0, 0.05) is 25.0 Å². The van der Waals surface area contributed by atoms with Crippen molar-refractivity contribution in [2.45, 2.75) is 121 Å². The van der Waals surface area contributed by atoms with Gasteiger partial charge in [-0.1, -0.05) is 39.8 Å². The number of hydrogen-bond acceptors (Lipinski definition) is 15. The Balaban J connectivity index is 3.23. The summed E-state index contributed by atoms with van der Waals surface area (Å²) in [6, 6.07) is -6.38. The summed E-state index contributed by atoms with van der Waals surface area (Å²) in [5.41, 5.74) is 11.3. The van der Waals surface area contributed by atoms with E-state index in [1.165, 1.54) is 24.3 Å². The number of aliphatic hydroxyl groups excluding tert-OH is 2. The molecule has 65 heavy (non-hydrogen) atoms. The highest BCUT2D eigenvalue weighted by Crippen LogP contribution is 2.13. The maximum Gasteiger partial charge on any atom is 0.326 e. The zero-order chi connectivity index (χ0) is 49.6. The van der Waals surface area contributed by atoms with Gasteiger partial charge in [0.1, 0.15) is 54.1 Å². The van der Waals surface area contributed by atoms with Crippen molar-refractivity contribution in [1.82, 2.24) is 37.2 Å². The molecule has 0 bridgehead atoms. The average Bonchev–Trinajstić information content (AvgIpc) is 3.23. The zero-order valence-corrected chi connectivity index (χ0v) is 37.5. The monoisotopic (exact) mass is 941 g/mol. The Kier molecular flexibility index (Phi) is 25.1. The molecule has 0 spiro atoms. The van der Waals surface area contributed by atoms with Crippen LogP contribution in [0.5, 0.6) is 5.75 Å². The Morgan fingerprint density at radius 2 is 0.938 bits per heavy atom. The van der Waals surface area contributed by atoms with Crippen LogP contribution in [0.1, 0.15) is 71.8 Å². The highest BCUT2D eigenvalue weighted by atomic mass is 32.1. The van der Waals surface area contributed by atoms with Crippen molar-refractivity contribution in [3.8, 4) is 5.75 Å². The number of nitrogens with one attached hydrogen (secondary N) is 7. The topological polar surface area (TPSA) is 408 Å². The van der Waals surface area contributed by atoms with Gasteiger partial charge in [-0.25, -0.2) is 4.79 Å². The van der Waals surface area contributed by atoms with Crippen molar-refractivity contribution in [2.24, 2.45) is 23.3 Å². The fourth-order valence-electron chi connectivity index (χ4n) is 5.95. The molecule has 8 amide bonds. The van der Waals surface area contributed by atoms with E-state index in [1.807, 2.05) is 0 Å². The molecule has 8 atom stereocenters. The van der Waals surface area contributed by atoms with Crippen LogP contribution < -0.4 is 48.7 Å². The average molecular weight is 942 g/mol. The van der Waals surface area contributed by atoms with E-state index in [2.05, 4.69) is 49.8 Å². The zero-order valence-electron chi connectivity index (χ0n) is 36.6. The number of aliphatic carboxylic acids is 2. The van der Waals surface area contributed by atoms with Crippen LogP contribution in [0.3, 0.4) is 0 Å². The number of amides is 8. The number of carbonyl (C=O) groups is 10. The first-order valence-electron chi connectivity index (χ1n) is 20.6. The Morgan fingerprint density at radius 1 is 0.554 bits per heavy atom. The third-order valence-corrected chi connectivity index (χ3v) is 9.79. The highest BCUT2D eigenvalue weighted by Gasteiger charge is 2.35. The maximum absolute atomic E-state index is 13.7. The number of phenols is 1. The smallest absolute Gasteiger partial charge is 0.326 e. The molecule has 0 aliphatic carbocycles. The molecule has 0 aromatic heterocycles. The number of carboxylic acid groups (broad SMARTS) is 2. The van der Waals surface area contributed by atoms with E-state index >= 15 is 0 Å². The molecular formula is C40H63N9O15S. The number of nitrogens with two attached hydrogens (primary N) is 2. The number of carboxylic acids is 2. The molecule has 0 unspecified atom stereocenters. The van der Waals surface area contributed by atoms with Crippen molar-refractivity contribution < 1.29 is 73.5 Å². The molecule has 1 aromatic carbocycles. The van der Waals surface area contributed by atoms with Gasteiger partial charge in [-0.2, -0.15) is 12.6 Å². The Hall–Kier alpha value is -6.05. The summed E-state index contributed by atoms with van der Waals surface area (Å²) in [5.74, 6) is -11.5. The number of benzene rings is 1. The molecule has 16 N–H and O–H groups in total. The second kappa shape index (κ2) is 28.7. The molecule has 364 valence electrons. The molecular weight excluding hydrogens is 879 g/mol. The number of carbonyl (C=O) groups excluding carboxylic acids is 8. The molecule has 1 rings (SSSR count). The van der Waals surface area contributed by atoms with Crippen molar-refractivity contribution in [1.29, 1.82) is 0 Å². The second-order valence-electron chi connectivity index (χ2n) is 16.0. The molecule has 0 radical (unpaired) electrons. The summed E-state index contributed by atoms with van der Waals surface area (Å²) in [4.78, 5) is 128. The molecule has 0 aliphatic rings. The second-order valence-corrected chi connectivity index (χ2v) is 16.4. The largest absolute Gasteiger partial charge is 0.508 e. The molecule has 0 saturated carbocycles. The van der Waals surface area contributed by atoms with Crippen molar-refractivity contribution in [2.75, 3.05) is 19.0 Å². The summed E-state index contributed by atoms with van der Waals surface area (Å²) in [7, 11) is 0. The summed E-state index contributed by atoms with van der Waals surface area (Å²) in [6.45, 7) is 5.02. The van der Waals surface area contributed by atoms with Crippen molar-refractivity contribution in [3.05, 3.63) is 29.8 Å². The van der Waals surface area contributed by atoms with Crippen LogP contribution in [0.4, 0.5) is 0 Å². The molecule has 0 saturated heterocycles. The predicted octanol–water partition coefficient (Wildman–Crippen LogP) is -4.12. The Bertz CT molecular complexity index is 1820. The highest BCUT2D eigenvalue weighted by molar-refractivity contribution is 7.80. The van der Waals surface area contributed by atoms with Crippen molar-refractivity contribution in [3.63, 3.8) is 0 Å². The van der Waals surface area contributed by atoms with Gasteiger partial charge >= 0.3 is 11.9 Å². The van der Waals surface area contributed by atoms with Crippen LogP contribution in [0.15, 0.2) is 24.3 Å². The summed E-state index contributed by atoms with van der Waals surface area (Å²) >= 11 is 4.11. The van der Waals surface area contributed by atoms with Gasteiger partial charge in [0.15, 0.2) is 0 Å². The van der Waals surface area contributed by atoms with E-state index in [9.17, 15) is 68.4 Å². The molecule has 0 fully saturated rings.